The average Bonchev–Trinajstić information content (AvgIpc) is 3.13. The predicted molar refractivity (Wildman–Crippen MR) is 180 cm³/mol. The lowest BCUT2D eigenvalue weighted by molar-refractivity contribution is -0.245. The van der Waals surface area contributed by atoms with Crippen molar-refractivity contribution in [3.63, 3.8) is 0 Å². The van der Waals surface area contributed by atoms with E-state index in [-0.39, 0.29) is 31.1 Å². The second-order valence-corrected chi connectivity index (χ2v) is 12.5. The van der Waals surface area contributed by atoms with E-state index in [1.165, 1.54) is 0 Å². The second kappa shape index (κ2) is 17.7. The monoisotopic (exact) mass is 655 g/mol. The number of aromatic nitrogens is 1. The Morgan fingerprint density at radius 2 is 1.55 bits per heavy atom. The third kappa shape index (κ3) is 10.2. The molecule has 5 rings (SSSR count). The van der Waals surface area contributed by atoms with Crippen molar-refractivity contribution in [2.24, 2.45) is 0 Å². The average molecular weight is 656 g/mol. The number of hydrogen-bond donors (Lipinski definition) is 4. The Hall–Kier alpha value is -4.06. The molecule has 3 atom stereocenters. The van der Waals surface area contributed by atoms with E-state index in [4.69, 9.17) is 14.7 Å². The first-order valence-corrected chi connectivity index (χ1v) is 16.9. The number of amides is 2. The lowest BCUT2D eigenvalue weighted by Crippen LogP contribution is -2.31. The second-order valence-electron chi connectivity index (χ2n) is 11.5. The van der Waals surface area contributed by atoms with Gasteiger partial charge in [-0.05, 0) is 52.8 Å². The number of carbonyl (C=O) groups excluding carboxylic acids is 2. The van der Waals surface area contributed by atoms with Gasteiger partial charge in [0, 0.05) is 43.3 Å². The summed E-state index contributed by atoms with van der Waals surface area (Å²) in [6.45, 7) is 0.405. The molecule has 4 N–H and O–H groups in total. The van der Waals surface area contributed by atoms with Gasteiger partial charge >= 0.3 is 0 Å². The van der Waals surface area contributed by atoms with E-state index in [9.17, 15) is 14.7 Å². The van der Waals surface area contributed by atoms with Crippen molar-refractivity contribution in [3.05, 3.63) is 119 Å². The first-order valence-electron chi connectivity index (χ1n) is 15.9. The van der Waals surface area contributed by atoms with Gasteiger partial charge in [-0.1, -0.05) is 85.3 Å². The fourth-order valence-corrected chi connectivity index (χ4v) is 6.38. The van der Waals surface area contributed by atoms with Gasteiger partial charge in [-0.15, -0.1) is 11.8 Å². The van der Waals surface area contributed by atoms with Crippen LogP contribution >= 0.6 is 11.8 Å². The van der Waals surface area contributed by atoms with Crippen molar-refractivity contribution in [1.29, 1.82) is 0 Å². The van der Waals surface area contributed by atoms with Gasteiger partial charge in [-0.2, -0.15) is 0 Å². The van der Waals surface area contributed by atoms with Gasteiger partial charge in [0.05, 0.1) is 23.8 Å². The SMILES string of the molecule is O=C(CCCCCC(=O)NCc1ccccc1-c1ccc([C@H]2O[C@@H](CSc3ccccn3)C[C@@H](c3ccc(CO)cc3)O2)cc1)NO. The highest BCUT2D eigenvalue weighted by Crippen LogP contribution is 2.40. The number of ether oxygens (including phenoxy) is 2. The fraction of sp³-hybridized carbons (Fsp3) is 0.324. The number of nitrogens with zero attached hydrogens (tertiary/aromatic N) is 1. The third-order valence-electron chi connectivity index (χ3n) is 8.09. The van der Waals surface area contributed by atoms with Gasteiger partial charge in [0.1, 0.15) is 0 Å². The molecule has 0 unspecified atom stereocenters. The van der Waals surface area contributed by atoms with Gasteiger partial charge < -0.3 is 19.9 Å². The molecule has 1 aliphatic rings. The van der Waals surface area contributed by atoms with Crippen molar-refractivity contribution >= 4 is 23.6 Å². The minimum atomic E-state index is -0.554. The maximum Gasteiger partial charge on any atom is 0.243 e. The molecule has 1 fully saturated rings. The van der Waals surface area contributed by atoms with E-state index in [1.807, 2.05) is 78.9 Å². The van der Waals surface area contributed by atoms with Crippen LogP contribution in [0.5, 0.6) is 0 Å². The van der Waals surface area contributed by atoms with E-state index in [0.29, 0.717) is 32.2 Å². The highest BCUT2D eigenvalue weighted by Gasteiger charge is 2.32. The highest BCUT2D eigenvalue weighted by molar-refractivity contribution is 7.99. The Morgan fingerprint density at radius 3 is 2.28 bits per heavy atom. The van der Waals surface area contributed by atoms with Gasteiger partial charge in [0.2, 0.25) is 11.8 Å². The van der Waals surface area contributed by atoms with Crippen LogP contribution in [0.3, 0.4) is 0 Å². The fourth-order valence-electron chi connectivity index (χ4n) is 5.50. The van der Waals surface area contributed by atoms with Gasteiger partial charge in [-0.3, -0.25) is 14.8 Å². The number of aliphatic hydroxyl groups is 1. The Kier molecular flexibility index (Phi) is 12.9. The van der Waals surface area contributed by atoms with Gasteiger partial charge in [0.25, 0.3) is 0 Å². The minimum absolute atomic E-state index is 0.00220. The number of unbranched alkanes of at least 4 members (excludes halogenated alkanes) is 2. The molecule has 0 spiro atoms. The largest absolute Gasteiger partial charge is 0.392 e. The molecular formula is C37H41N3O6S. The zero-order chi connectivity index (χ0) is 32.8. The number of rotatable bonds is 15. The molecule has 1 aromatic heterocycles. The number of nitrogens with one attached hydrogen (secondary N) is 2. The summed E-state index contributed by atoms with van der Waals surface area (Å²) in [7, 11) is 0. The predicted octanol–water partition coefficient (Wildman–Crippen LogP) is 6.65. The Labute approximate surface area is 279 Å². The number of thioether (sulfide) groups is 1. The molecule has 4 aromatic rings. The van der Waals surface area contributed by atoms with E-state index >= 15 is 0 Å². The molecule has 3 aromatic carbocycles. The van der Waals surface area contributed by atoms with Crippen LogP contribution in [0.1, 0.15) is 73.2 Å². The molecule has 10 heteroatoms. The highest BCUT2D eigenvalue weighted by atomic mass is 32.2. The van der Waals surface area contributed by atoms with Crippen LogP contribution < -0.4 is 10.8 Å². The van der Waals surface area contributed by atoms with E-state index in [2.05, 4.69) is 22.4 Å². The first kappa shape index (κ1) is 34.3. The van der Waals surface area contributed by atoms with Crippen molar-refractivity contribution in [2.75, 3.05) is 5.75 Å². The minimum Gasteiger partial charge on any atom is -0.392 e. The standard InChI is InChI=1S/C37H41N3O6S/c41-24-26-13-15-28(16-14-26)33-22-31(25-47-36-12-6-7-21-38-36)45-37(46-33)29-19-17-27(18-20-29)32-9-5-4-8-30(32)23-39-34(42)10-2-1-3-11-35(43)40-44/h4-9,12-21,31,33,37,41,44H,1-3,10-11,22-25H2,(H,39,42)(H,40,43)/t31-,33+,37+/m1/s1. The summed E-state index contributed by atoms with van der Waals surface area (Å²) in [5, 5.41) is 22.0. The molecular weight excluding hydrogens is 614 g/mol. The van der Waals surface area contributed by atoms with E-state index in [1.54, 1.807) is 23.4 Å². The molecule has 1 aliphatic heterocycles. The number of aliphatic hydroxyl groups excluding tert-OH is 1. The lowest BCUT2D eigenvalue weighted by Gasteiger charge is -2.36. The Morgan fingerprint density at radius 1 is 0.830 bits per heavy atom. The molecule has 246 valence electrons. The number of carbonyl (C=O) groups is 2. The number of benzene rings is 3. The van der Waals surface area contributed by atoms with Crippen LogP contribution in [0.4, 0.5) is 0 Å². The molecule has 0 aliphatic carbocycles. The van der Waals surface area contributed by atoms with Gasteiger partial charge in [-0.25, -0.2) is 10.5 Å². The Bertz CT molecular complexity index is 1570. The van der Waals surface area contributed by atoms with Gasteiger partial charge in [0.15, 0.2) is 6.29 Å². The smallest absolute Gasteiger partial charge is 0.243 e. The summed E-state index contributed by atoms with van der Waals surface area (Å²) in [5.41, 5.74) is 7.51. The molecule has 47 heavy (non-hydrogen) atoms. The topological polar surface area (TPSA) is 130 Å². The van der Waals surface area contributed by atoms with Crippen LogP contribution in [-0.2, 0) is 32.2 Å². The lowest BCUT2D eigenvalue weighted by atomic mass is 9.97. The summed E-state index contributed by atoms with van der Waals surface area (Å²) >= 11 is 1.67. The molecule has 2 heterocycles. The van der Waals surface area contributed by atoms with Crippen LogP contribution in [-0.4, -0.2) is 39.0 Å². The summed E-state index contributed by atoms with van der Waals surface area (Å²) in [5.74, 6) is 0.289. The van der Waals surface area contributed by atoms with Crippen molar-refractivity contribution < 1.29 is 29.4 Å². The number of hydrogen-bond acceptors (Lipinski definition) is 8. The van der Waals surface area contributed by atoms with Crippen LogP contribution in [0.15, 0.2) is 102 Å². The molecule has 0 radical (unpaired) electrons. The summed E-state index contributed by atoms with van der Waals surface area (Å²) < 4.78 is 13.0. The maximum atomic E-state index is 12.5. The van der Waals surface area contributed by atoms with Crippen molar-refractivity contribution in [3.8, 4) is 11.1 Å². The molecule has 2 amide bonds. The third-order valence-corrected chi connectivity index (χ3v) is 9.17. The molecule has 1 saturated heterocycles. The molecule has 9 nitrogen and oxygen atoms in total. The summed E-state index contributed by atoms with van der Waals surface area (Å²) in [4.78, 5) is 28.0. The van der Waals surface area contributed by atoms with Crippen LogP contribution in [0, 0.1) is 0 Å². The zero-order valence-corrected chi connectivity index (χ0v) is 27.0. The molecule has 0 bridgehead atoms. The zero-order valence-electron chi connectivity index (χ0n) is 26.2. The number of pyridine rings is 1. The summed E-state index contributed by atoms with van der Waals surface area (Å²) in [6, 6.07) is 30.0. The van der Waals surface area contributed by atoms with Crippen LogP contribution in [0.2, 0.25) is 0 Å². The Balaban J connectivity index is 1.23. The van der Waals surface area contributed by atoms with Crippen LogP contribution in [0.25, 0.3) is 11.1 Å². The van der Waals surface area contributed by atoms with E-state index < -0.39 is 12.2 Å². The normalized spacial score (nSPS) is 17.6. The molecule has 0 saturated carbocycles. The summed E-state index contributed by atoms with van der Waals surface area (Å²) in [6.07, 6.45) is 4.37. The maximum absolute atomic E-state index is 12.5. The quantitative estimate of drug-likeness (QED) is 0.0485. The van der Waals surface area contributed by atoms with Crippen molar-refractivity contribution in [1.82, 2.24) is 15.8 Å². The number of hydroxylamine groups is 1. The van der Waals surface area contributed by atoms with E-state index in [0.717, 1.165) is 50.6 Å². The first-order chi connectivity index (χ1) is 23.0. The van der Waals surface area contributed by atoms with Crippen molar-refractivity contribution in [2.45, 2.75) is 75.2 Å².